The lowest BCUT2D eigenvalue weighted by molar-refractivity contribution is -0.124. The molecule has 1 unspecified atom stereocenters. The fraction of sp³-hybridized carbons (Fsp3) is 0.545. The second-order valence-corrected chi connectivity index (χ2v) is 8.64. The maximum absolute atomic E-state index is 13.0. The Morgan fingerprint density at radius 1 is 1.36 bits per heavy atom. The number of benzene rings is 1. The Hall–Kier alpha value is -1.66. The summed E-state index contributed by atoms with van der Waals surface area (Å²) < 4.78 is 6.08. The molecule has 1 aliphatic heterocycles. The number of halogens is 1. The fourth-order valence-corrected chi connectivity index (χ4v) is 4.98. The molecule has 28 heavy (non-hydrogen) atoms. The summed E-state index contributed by atoms with van der Waals surface area (Å²) >= 11 is 3.48. The van der Waals surface area contributed by atoms with Crippen LogP contribution in [0.3, 0.4) is 0 Å². The number of amides is 1. The number of rotatable bonds is 7. The van der Waals surface area contributed by atoms with Gasteiger partial charge in [-0.3, -0.25) is 14.5 Å². The van der Waals surface area contributed by atoms with E-state index < -0.39 is 5.92 Å². The van der Waals surface area contributed by atoms with Crippen molar-refractivity contribution in [3.63, 3.8) is 0 Å². The van der Waals surface area contributed by atoms with Gasteiger partial charge < -0.3 is 10.1 Å². The van der Waals surface area contributed by atoms with E-state index in [0.717, 1.165) is 41.7 Å². The number of methoxy groups -OCH3 is 1. The van der Waals surface area contributed by atoms with Gasteiger partial charge >= 0.3 is 0 Å². The molecule has 2 fully saturated rings. The van der Waals surface area contributed by atoms with Crippen LogP contribution in [-0.2, 0) is 9.59 Å². The van der Waals surface area contributed by atoms with Crippen molar-refractivity contribution in [2.45, 2.75) is 50.0 Å². The van der Waals surface area contributed by atoms with Gasteiger partial charge in [0.15, 0.2) is 0 Å². The molecule has 1 aliphatic carbocycles. The number of nitrogens with one attached hydrogen (secondary N) is 1. The highest BCUT2D eigenvalue weighted by molar-refractivity contribution is 9.10. The van der Waals surface area contributed by atoms with Crippen LogP contribution in [0.4, 0.5) is 0 Å². The third-order valence-corrected chi connectivity index (χ3v) is 6.78. The topological polar surface area (TPSA) is 58.6 Å². The van der Waals surface area contributed by atoms with Crippen molar-refractivity contribution in [2.24, 2.45) is 0 Å². The summed E-state index contributed by atoms with van der Waals surface area (Å²) in [4.78, 5) is 27.3. The number of ether oxygens (including phenoxy) is 1. The second kappa shape index (κ2) is 9.23. The van der Waals surface area contributed by atoms with Gasteiger partial charge in [0.05, 0.1) is 17.5 Å². The van der Waals surface area contributed by atoms with Crippen LogP contribution < -0.4 is 10.1 Å². The van der Waals surface area contributed by atoms with Gasteiger partial charge in [0.2, 0.25) is 5.91 Å². The number of nitrogens with zero attached hydrogens (tertiary/aromatic N) is 1. The Balaban J connectivity index is 1.71. The molecule has 1 N–H and O–H groups in total. The maximum atomic E-state index is 13.0. The van der Waals surface area contributed by atoms with E-state index in [1.54, 1.807) is 13.2 Å². The fourth-order valence-electron chi connectivity index (χ4n) is 4.42. The smallest absolute Gasteiger partial charge is 0.231 e. The highest BCUT2D eigenvalue weighted by Crippen LogP contribution is 2.35. The summed E-state index contributed by atoms with van der Waals surface area (Å²) in [5, 5.41) is 3.17. The minimum atomic E-state index is -0.428. The largest absolute Gasteiger partial charge is 0.496 e. The first kappa shape index (κ1) is 21.1. The van der Waals surface area contributed by atoms with Crippen LogP contribution in [0.25, 0.3) is 0 Å². The molecule has 1 saturated carbocycles. The molecule has 0 spiro atoms. The van der Waals surface area contributed by atoms with Crippen molar-refractivity contribution in [1.29, 1.82) is 0 Å². The van der Waals surface area contributed by atoms with Crippen LogP contribution in [0.15, 0.2) is 35.3 Å². The molecule has 1 heterocycles. The molecule has 6 heteroatoms. The third kappa shape index (κ3) is 4.49. The van der Waals surface area contributed by atoms with Crippen LogP contribution in [0.2, 0.25) is 0 Å². The zero-order valence-corrected chi connectivity index (χ0v) is 18.1. The molecule has 1 aromatic carbocycles. The zero-order valence-electron chi connectivity index (χ0n) is 16.5. The molecule has 152 valence electrons. The summed E-state index contributed by atoms with van der Waals surface area (Å²) in [6, 6.07) is 5.65. The van der Waals surface area contributed by atoms with E-state index in [1.807, 2.05) is 18.2 Å². The molecule has 3 rings (SSSR count). The standard InChI is InChI=1S/C22H29BrN2O3/c1-3-18(16-6-7-20(28-2)19(23)14-16)21(27)24-15-22(25-12-4-5-13-25)10-8-17(26)9-11-22/h3,6-7,14,18H,1,4-5,8-13,15H2,2H3,(H,24,27). The lowest BCUT2D eigenvalue weighted by Gasteiger charge is -2.44. The van der Waals surface area contributed by atoms with Gasteiger partial charge in [0.1, 0.15) is 11.5 Å². The Morgan fingerprint density at radius 2 is 2.04 bits per heavy atom. The predicted octanol–water partition coefficient (Wildman–Crippen LogP) is 3.82. The number of hydrogen-bond acceptors (Lipinski definition) is 4. The van der Waals surface area contributed by atoms with Gasteiger partial charge in [-0.15, -0.1) is 6.58 Å². The van der Waals surface area contributed by atoms with E-state index in [0.29, 0.717) is 25.2 Å². The quantitative estimate of drug-likeness (QED) is 0.644. The third-order valence-electron chi connectivity index (χ3n) is 6.16. The first-order valence-corrected chi connectivity index (χ1v) is 10.8. The van der Waals surface area contributed by atoms with E-state index in [-0.39, 0.29) is 11.4 Å². The minimum absolute atomic E-state index is 0.0532. The Bertz CT molecular complexity index is 733. The molecular formula is C22H29BrN2O3. The Labute approximate surface area is 175 Å². The molecule has 1 atom stereocenters. The molecule has 5 nitrogen and oxygen atoms in total. The van der Waals surface area contributed by atoms with E-state index in [1.165, 1.54) is 12.8 Å². The van der Waals surface area contributed by atoms with Crippen LogP contribution in [0, 0.1) is 0 Å². The molecule has 0 bridgehead atoms. The molecule has 1 amide bonds. The summed E-state index contributed by atoms with van der Waals surface area (Å²) in [7, 11) is 1.62. The summed E-state index contributed by atoms with van der Waals surface area (Å²) in [5.74, 6) is 0.589. The van der Waals surface area contributed by atoms with Crippen molar-refractivity contribution >= 4 is 27.6 Å². The number of ketones is 1. The van der Waals surface area contributed by atoms with Crippen molar-refractivity contribution < 1.29 is 14.3 Å². The van der Waals surface area contributed by atoms with Crippen LogP contribution in [0.1, 0.15) is 50.0 Å². The van der Waals surface area contributed by atoms with Crippen LogP contribution in [0.5, 0.6) is 5.75 Å². The van der Waals surface area contributed by atoms with Gasteiger partial charge in [-0.25, -0.2) is 0 Å². The number of hydrogen-bond donors (Lipinski definition) is 1. The molecule has 0 aromatic heterocycles. The average molecular weight is 449 g/mol. The minimum Gasteiger partial charge on any atom is -0.496 e. The number of carbonyl (C=O) groups excluding carboxylic acids is 2. The van der Waals surface area contributed by atoms with Gasteiger partial charge in [-0.1, -0.05) is 12.1 Å². The van der Waals surface area contributed by atoms with Gasteiger partial charge in [-0.05, 0) is 72.4 Å². The summed E-state index contributed by atoms with van der Waals surface area (Å²) in [5.41, 5.74) is 0.779. The number of carbonyl (C=O) groups is 2. The lowest BCUT2D eigenvalue weighted by atomic mass is 9.79. The molecule has 0 radical (unpaired) electrons. The monoisotopic (exact) mass is 448 g/mol. The number of Topliss-reactive ketones (excluding diaryl/α,β-unsaturated/α-hetero) is 1. The van der Waals surface area contributed by atoms with Gasteiger partial charge in [-0.2, -0.15) is 0 Å². The molecule has 1 aromatic rings. The predicted molar refractivity (Wildman–Crippen MR) is 114 cm³/mol. The first-order chi connectivity index (χ1) is 13.5. The van der Waals surface area contributed by atoms with Crippen molar-refractivity contribution in [2.75, 3.05) is 26.7 Å². The second-order valence-electron chi connectivity index (χ2n) is 7.78. The molecule has 1 saturated heterocycles. The van der Waals surface area contributed by atoms with E-state index in [9.17, 15) is 9.59 Å². The van der Waals surface area contributed by atoms with Crippen molar-refractivity contribution in [3.05, 3.63) is 40.9 Å². The molecule has 2 aliphatic rings. The van der Waals surface area contributed by atoms with Gasteiger partial charge in [0.25, 0.3) is 0 Å². The SMILES string of the molecule is C=CC(C(=O)NCC1(N2CCCC2)CCC(=O)CC1)c1ccc(OC)c(Br)c1. The van der Waals surface area contributed by atoms with E-state index in [4.69, 9.17) is 4.74 Å². The average Bonchev–Trinajstić information content (AvgIpc) is 3.24. The zero-order chi connectivity index (χ0) is 20.1. The van der Waals surface area contributed by atoms with E-state index >= 15 is 0 Å². The highest BCUT2D eigenvalue weighted by atomic mass is 79.9. The van der Waals surface area contributed by atoms with Crippen LogP contribution >= 0.6 is 15.9 Å². The Morgan fingerprint density at radius 3 is 2.61 bits per heavy atom. The van der Waals surface area contributed by atoms with Crippen molar-refractivity contribution in [1.82, 2.24) is 10.2 Å². The lowest BCUT2D eigenvalue weighted by Crippen LogP contribution is -2.57. The first-order valence-electron chi connectivity index (χ1n) is 9.99. The van der Waals surface area contributed by atoms with Crippen LogP contribution in [-0.4, -0.2) is 48.9 Å². The van der Waals surface area contributed by atoms with Gasteiger partial charge in [0, 0.05) is 24.9 Å². The van der Waals surface area contributed by atoms with E-state index in [2.05, 4.69) is 32.7 Å². The van der Waals surface area contributed by atoms with Crippen molar-refractivity contribution in [3.8, 4) is 5.75 Å². The summed E-state index contributed by atoms with van der Waals surface area (Å²) in [6.45, 7) is 6.56. The maximum Gasteiger partial charge on any atom is 0.231 e. The highest BCUT2D eigenvalue weighted by Gasteiger charge is 2.41. The number of likely N-dealkylation sites (tertiary alicyclic amines) is 1. The molecular weight excluding hydrogens is 420 g/mol. The Kier molecular flexibility index (Phi) is 6.94. The normalized spacial score (nSPS) is 20.6. The summed E-state index contributed by atoms with van der Waals surface area (Å²) in [6.07, 6.45) is 6.96.